The highest BCUT2D eigenvalue weighted by Crippen LogP contribution is 2.22. The van der Waals surface area contributed by atoms with Gasteiger partial charge in [0.2, 0.25) is 0 Å². The molecule has 1 amide bonds. The zero-order valence-electron chi connectivity index (χ0n) is 15.8. The summed E-state index contributed by atoms with van der Waals surface area (Å²) >= 11 is 5.80. The van der Waals surface area contributed by atoms with Gasteiger partial charge in [-0.1, -0.05) is 11.6 Å². The molecule has 1 unspecified atom stereocenters. The quantitative estimate of drug-likeness (QED) is 0.653. The first-order valence-electron chi connectivity index (χ1n) is 9.23. The number of carbonyl (C=O) groups is 1. The third-order valence-electron chi connectivity index (χ3n) is 4.77. The van der Waals surface area contributed by atoms with Crippen LogP contribution in [0, 0.1) is 5.82 Å². The van der Waals surface area contributed by atoms with Crippen molar-refractivity contribution in [1.29, 1.82) is 0 Å². The lowest BCUT2D eigenvalue weighted by Gasteiger charge is -2.32. The maximum atomic E-state index is 13.2. The van der Waals surface area contributed by atoms with E-state index in [0.717, 1.165) is 18.4 Å². The number of nitrogens with zero attached hydrogens (tertiary/aromatic N) is 5. The summed E-state index contributed by atoms with van der Waals surface area (Å²) in [5, 5.41) is 4.84. The van der Waals surface area contributed by atoms with E-state index >= 15 is 0 Å². The van der Waals surface area contributed by atoms with E-state index in [9.17, 15) is 9.18 Å². The molecule has 3 heterocycles. The van der Waals surface area contributed by atoms with E-state index in [1.54, 1.807) is 34.8 Å². The molecule has 4 rings (SSSR count). The van der Waals surface area contributed by atoms with Crippen molar-refractivity contribution in [3.8, 4) is 17.3 Å². The standard InChI is InChI=1S/C20H19ClFN5O2/c1-26-18(9-17(25-26)13-4-6-15(22)7-5-13)19(28)27-8-2-3-16(12-27)29-20-23-10-14(21)11-24-20/h4-7,9-11,16H,2-3,8,12H2,1H3. The number of ether oxygens (including phenoxy) is 1. The second-order valence-electron chi connectivity index (χ2n) is 6.86. The van der Waals surface area contributed by atoms with E-state index in [4.69, 9.17) is 16.3 Å². The zero-order valence-corrected chi connectivity index (χ0v) is 16.5. The van der Waals surface area contributed by atoms with Crippen LogP contribution in [0.3, 0.4) is 0 Å². The summed E-state index contributed by atoms with van der Waals surface area (Å²) in [5.74, 6) is -0.441. The first-order valence-corrected chi connectivity index (χ1v) is 9.61. The lowest BCUT2D eigenvalue weighted by Crippen LogP contribution is -2.45. The van der Waals surface area contributed by atoms with E-state index in [1.807, 2.05) is 0 Å². The summed E-state index contributed by atoms with van der Waals surface area (Å²) in [6.07, 6.45) is 4.37. The molecule has 3 aromatic rings. The van der Waals surface area contributed by atoms with Gasteiger partial charge in [-0.15, -0.1) is 0 Å². The predicted molar refractivity (Wildman–Crippen MR) is 105 cm³/mol. The average molecular weight is 416 g/mol. The highest BCUT2D eigenvalue weighted by molar-refractivity contribution is 6.30. The van der Waals surface area contributed by atoms with E-state index in [0.29, 0.717) is 29.5 Å². The van der Waals surface area contributed by atoms with Crippen LogP contribution < -0.4 is 4.74 Å². The number of hydrogen-bond acceptors (Lipinski definition) is 5. The summed E-state index contributed by atoms with van der Waals surface area (Å²) in [6, 6.07) is 8.00. The van der Waals surface area contributed by atoms with E-state index in [-0.39, 0.29) is 23.8 Å². The molecule has 1 fully saturated rings. The molecule has 0 N–H and O–H groups in total. The number of benzene rings is 1. The topological polar surface area (TPSA) is 73.1 Å². The molecule has 0 aliphatic carbocycles. The second-order valence-corrected chi connectivity index (χ2v) is 7.30. The Morgan fingerprint density at radius 2 is 1.97 bits per heavy atom. The van der Waals surface area contributed by atoms with Crippen LogP contribution in [-0.4, -0.2) is 49.7 Å². The molecule has 0 radical (unpaired) electrons. The van der Waals surface area contributed by atoms with E-state index < -0.39 is 0 Å². The minimum Gasteiger partial charge on any atom is -0.458 e. The molecule has 1 atom stereocenters. The minimum absolute atomic E-state index is 0.126. The second kappa shape index (κ2) is 8.16. The van der Waals surface area contributed by atoms with Crippen LogP contribution in [0.5, 0.6) is 6.01 Å². The first-order chi connectivity index (χ1) is 14.0. The Hall–Kier alpha value is -3.00. The number of halogens is 2. The highest BCUT2D eigenvalue weighted by atomic mass is 35.5. The summed E-state index contributed by atoms with van der Waals surface area (Å²) in [7, 11) is 1.72. The third-order valence-corrected chi connectivity index (χ3v) is 4.97. The Morgan fingerprint density at radius 3 is 2.69 bits per heavy atom. The molecular formula is C20H19ClFN5O2. The van der Waals surface area contributed by atoms with Crippen molar-refractivity contribution in [2.45, 2.75) is 18.9 Å². The molecule has 1 aliphatic rings. The SMILES string of the molecule is Cn1nc(-c2ccc(F)cc2)cc1C(=O)N1CCCC(Oc2ncc(Cl)cn2)C1. The number of aromatic nitrogens is 4. The van der Waals surface area contributed by atoms with Gasteiger partial charge in [-0.2, -0.15) is 5.10 Å². The van der Waals surface area contributed by atoms with E-state index in [1.165, 1.54) is 24.5 Å². The summed E-state index contributed by atoms with van der Waals surface area (Å²) < 4.78 is 20.5. The average Bonchev–Trinajstić information content (AvgIpc) is 3.11. The van der Waals surface area contributed by atoms with E-state index in [2.05, 4.69) is 15.1 Å². The molecule has 0 saturated carbocycles. The number of carbonyl (C=O) groups excluding carboxylic acids is 1. The van der Waals surface area contributed by atoms with Crippen LogP contribution in [0.2, 0.25) is 5.02 Å². The fraction of sp³-hybridized carbons (Fsp3) is 0.300. The molecular weight excluding hydrogens is 397 g/mol. The molecule has 1 aliphatic heterocycles. The van der Waals surface area contributed by atoms with Gasteiger partial charge in [0.1, 0.15) is 17.6 Å². The van der Waals surface area contributed by atoms with Crippen LogP contribution in [0.15, 0.2) is 42.7 Å². The Morgan fingerprint density at radius 1 is 1.24 bits per heavy atom. The molecule has 9 heteroatoms. The summed E-state index contributed by atoms with van der Waals surface area (Å²) in [4.78, 5) is 22.9. The summed E-state index contributed by atoms with van der Waals surface area (Å²) in [6.45, 7) is 1.07. The Balaban J connectivity index is 1.47. The van der Waals surface area contributed by atoms with Gasteiger partial charge >= 0.3 is 6.01 Å². The Labute approximate surface area is 172 Å². The lowest BCUT2D eigenvalue weighted by molar-refractivity contribution is 0.0506. The van der Waals surface area contributed by atoms with Crippen molar-refractivity contribution < 1.29 is 13.9 Å². The number of rotatable bonds is 4. The van der Waals surface area contributed by atoms with Gasteiger partial charge in [0.15, 0.2) is 0 Å². The maximum absolute atomic E-state index is 13.2. The van der Waals surface area contributed by atoms with Crippen LogP contribution in [0.4, 0.5) is 4.39 Å². The molecule has 1 saturated heterocycles. The molecule has 150 valence electrons. The number of hydrogen-bond donors (Lipinski definition) is 0. The smallest absolute Gasteiger partial charge is 0.316 e. The van der Waals surface area contributed by atoms with Crippen molar-refractivity contribution in [2.75, 3.05) is 13.1 Å². The summed E-state index contributed by atoms with van der Waals surface area (Å²) in [5.41, 5.74) is 1.84. The third kappa shape index (κ3) is 4.37. The van der Waals surface area contributed by atoms with Crippen molar-refractivity contribution in [3.63, 3.8) is 0 Å². The number of amides is 1. The molecule has 2 aromatic heterocycles. The Bertz CT molecular complexity index is 1010. The minimum atomic E-state index is -0.315. The van der Waals surface area contributed by atoms with Gasteiger partial charge in [0.25, 0.3) is 5.91 Å². The van der Waals surface area contributed by atoms with Crippen LogP contribution in [0.25, 0.3) is 11.3 Å². The predicted octanol–water partition coefficient (Wildman–Crippen LogP) is 3.35. The fourth-order valence-electron chi connectivity index (χ4n) is 3.32. The number of aryl methyl sites for hydroxylation is 1. The van der Waals surface area contributed by atoms with Crippen LogP contribution in [0.1, 0.15) is 23.3 Å². The number of likely N-dealkylation sites (tertiary alicyclic amines) is 1. The van der Waals surface area contributed by atoms with Gasteiger partial charge < -0.3 is 9.64 Å². The molecule has 29 heavy (non-hydrogen) atoms. The highest BCUT2D eigenvalue weighted by Gasteiger charge is 2.28. The van der Waals surface area contributed by atoms with Gasteiger partial charge in [-0.05, 0) is 43.2 Å². The van der Waals surface area contributed by atoms with Gasteiger partial charge in [0.05, 0.1) is 29.7 Å². The Kier molecular flexibility index (Phi) is 5.44. The first kappa shape index (κ1) is 19.3. The largest absolute Gasteiger partial charge is 0.458 e. The lowest BCUT2D eigenvalue weighted by atomic mass is 10.1. The van der Waals surface area contributed by atoms with Crippen molar-refractivity contribution in [3.05, 3.63) is 59.3 Å². The van der Waals surface area contributed by atoms with Gasteiger partial charge in [-0.3, -0.25) is 9.48 Å². The molecule has 1 aromatic carbocycles. The maximum Gasteiger partial charge on any atom is 0.316 e. The van der Waals surface area contributed by atoms with Crippen LogP contribution in [-0.2, 0) is 7.05 Å². The van der Waals surface area contributed by atoms with Gasteiger partial charge in [-0.25, -0.2) is 14.4 Å². The van der Waals surface area contributed by atoms with Crippen molar-refractivity contribution in [1.82, 2.24) is 24.6 Å². The zero-order chi connectivity index (χ0) is 20.4. The van der Waals surface area contributed by atoms with Crippen molar-refractivity contribution in [2.24, 2.45) is 7.05 Å². The number of piperidine rings is 1. The van der Waals surface area contributed by atoms with Crippen molar-refractivity contribution >= 4 is 17.5 Å². The normalized spacial score (nSPS) is 16.7. The van der Waals surface area contributed by atoms with Crippen LogP contribution >= 0.6 is 11.6 Å². The molecule has 7 nitrogen and oxygen atoms in total. The fourth-order valence-corrected chi connectivity index (χ4v) is 3.42. The molecule has 0 spiro atoms. The molecule has 0 bridgehead atoms. The van der Waals surface area contributed by atoms with Gasteiger partial charge in [0, 0.05) is 19.2 Å². The monoisotopic (exact) mass is 415 g/mol.